The molecule has 0 unspecified atom stereocenters. The standard InChI is InChI=1S/C19H24N6OS/c1-26-13-8-9-24(11-13)19-23-22-18(25(19)12-14-5-4-10-27-14)17-15-6-2-3-7-16(15)20-21-17/h4-5,10,13H,2-3,6-9,11-12H2,1H3,(H,20,21)/t13-/m1/s1. The number of hydrogen-bond donors (Lipinski definition) is 1. The molecule has 27 heavy (non-hydrogen) atoms. The minimum Gasteiger partial charge on any atom is -0.380 e. The summed E-state index contributed by atoms with van der Waals surface area (Å²) in [6, 6.07) is 4.26. The Morgan fingerprint density at radius 3 is 3.04 bits per heavy atom. The van der Waals surface area contributed by atoms with Crippen LogP contribution in [0, 0.1) is 0 Å². The van der Waals surface area contributed by atoms with Crippen LogP contribution in [-0.4, -0.2) is 51.3 Å². The van der Waals surface area contributed by atoms with Crippen molar-refractivity contribution in [3.63, 3.8) is 0 Å². The van der Waals surface area contributed by atoms with Crippen molar-refractivity contribution < 1.29 is 4.74 Å². The summed E-state index contributed by atoms with van der Waals surface area (Å²) in [6.07, 6.45) is 5.88. The molecule has 0 spiro atoms. The summed E-state index contributed by atoms with van der Waals surface area (Å²) in [6.45, 7) is 2.57. The molecule has 1 aliphatic carbocycles. The molecule has 1 atom stereocenters. The molecule has 3 aromatic heterocycles. The predicted octanol–water partition coefficient (Wildman–Crippen LogP) is 2.88. The maximum atomic E-state index is 5.55. The molecule has 5 rings (SSSR count). The van der Waals surface area contributed by atoms with Gasteiger partial charge in [-0.15, -0.1) is 21.5 Å². The summed E-state index contributed by atoms with van der Waals surface area (Å²) in [5.41, 5.74) is 3.57. The smallest absolute Gasteiger partial charge is 0.228 e. The Morgan fingerprint density at radius 2 is 2.22 bits per heavy atom. The van der Waals surface area contributed by atoms with E-state index in [4.69, 9.17) is 4.74 Å². The van der Waals surface area contributed by atoms with E-state index in [1.807, 2.05) is 0 Å². The second kappa shape index (κ2) is 7.09. The van der Waals surface area contributed by atoms with Crippen molar-refractivity contribution in [3.8, 4) is 11.5 Å². The Morgan fingerprint density at radius 1 is 1.30 bits per heavy atom. The number of ether oxygens (including phenoxy) is 1. The van der Waals surface area contributed by atoms with Gasteiger partial charge < -0.3 is 9.64 Å². The Hall–Kier alpha value is -2.19. The normalized spacial score (nSPS) is 19.6. The Labute approximate surface area is 162 Å². The molecule has 1 saturated heterocycles. The van der Waals surface area contributed by atoms with E-state index in [-0.39, 0.29) is 6.10 Å². The lowest BCUT2D eigenvalue weighted by Gasteiger charge is -2.19. The highest BCUT2D eigenvalue weighted by molar-refractivity contribution is 7.09. The van der Waals surface area contributed by atoms with Crippen molar-refractivity contribution in [2.24, 2.45) is 0 Å². The largest absolute Gasteiger partial charge is 0.380 e. The summed E-state index contributed by atoms with van der Waals surface area (Å²) in [7, 11) is 1.78. The fraction of sp³-hybridized carbons (Fsp3) is 0.526. The van der Waals surface area contributed by atoms with Crippen molar-refractivity contribution in [1.82, 2.24) is 25.0 Å². The summed E-state index contributed by atoms with van der Waals surface area (Å²) >= 11 is 1.76. The van der Waals surface area contributed by atoms with Crippen LogP contribution in [0.4, 0.5) is 5.95 Å². The topological polar surface area (TPSA) is 71.9 Å². The second-order valence-corrected chi connectivity index (χ2v) is 8.35. The van der Waals surface area contributed by atoms with E-state index in [0.29, 0.717) is 0 Å². The molecule has 0 bridgehead atoms. The third-order valence-electron chi connectivity index (χ3n) is 5.65. The fourth-order valence-corrected chi connectivity index (χ4v) is 4.87. The van der Waals surface area contributed by atoms with Crippen LogP contribution in [0.15, 0.2) is 17.5 Å². The van der Waals surface area contributed by atoms with E-state index >= 15 is 0 Å². The highest BCUT2D eigenvalue weighted by atomic mass is 32.1. The van der Waals surface area contributed by atoms with Gasteiger partial charge in [0.2, 0.25) is 5.95 Å². The van der Waals surface area contributed by atoms with Crippen LogP contribution in [0.1, 0.15) is 35.4 Å². The van der Waals surface area contributed by atoms with E-state index in [1.54, 1.807) is 18.4 Å². The maximum absolute atomic E-state index is 5.55. The van der Waals surface area contributed by atoms with Gasteiger partial charge >= 0.3 is 0 Å². The molecular formula is C19H24N6OS. The highest BCUT2D eigenvalue weighted by Crippen LogP contribution is 2.32. The minimum atomic E-state index is 0.262. The molecule has 1 aliphatic heterocycles. The van der Waals surface area contributed by atoms with Gasteiger partial charge in [0.15, 0.2) is 5.82 Å². The molecule has 0 aromatic carbocycles. The summed E-state index contributed by atoms with van der Waals surface area (Å²) in [5.74, 6) is 1.80. The van der Waals surface area contributed by atoms with E-state index in [2.05, 4.69) is 47.4 Å². The Kier molecular flexibility index (Phi) is 4.45. The molecule has 8 heteroatoms. The molecule has 0 radical (unpaired) electrons. The van der Waals surface area contributed by atoms with Gasteiger partial charge in [-0.3, -0.25) is 9.67 Å². The number of methoxy groups -OCH3 is 1. The number of rotatable bonds is 5. The van der Waals surface area contributed by atoms with Crippen molar-refractivity contribution >= 4 is 17.3 Å². The van der Waals surface area contributed by atoms with Crippen molar-refractivity contribution in [3.05, 3.63) is 33.6 Å². The van der Waals surface area contributed by atoms with Gasteiger partial charge in [0.1, 0.15) is 5.69 Å². The zero-order valence-corrected chi connectivity index (χ0v) is 16.3. The number of nitrogens with one attached hydrogen (secondary N) is 1. The van der Waals surface area contributed by atoms with E-state index in [1.165, 1.54) is 29.0 Å². The maximum Gasteiger partial charge on any atom is 0.228 e. The van der Waals surface area contributed by atoms with Gasteiger partial charge in [0, 0.05) is 36.3 Å². The van der Waals surface area contributed by atoms with Gasteiger partial charge in [-0.2, -0.15) is 5.10 Å². The first-order valence-corrected chi connectivity index (χ1v) is 10.5. The lowest BCUT2D eigenvalue weighted by molar-refractivity contribution is 0.121. The number of aromatic nitrogens is 5. The van der Waals surface area contributed by atoms with Crippen LogP contribution >= 0.6 is 11.3 Å². The molecule has 7 nitrogen and oxygen atoms in total. The van der Waals surface area contributed by atoms with Gasteiger partial charge in [-0.1, -0.05) is 6.07 Å². The lowest BCUT2D eigenvalue weighted by atomic mass is 9.96. The van der Waals surface area contributed by atoms with Crippen molar-refractivity contribution in [1.29, 1.82) is 0 Å². The van der Waals surface area contributed by atoms with Gasteiger partial charge in [0.05, 0.1) is 12.6 Å². The Balaban J connectivity index is 1.56. The van der Waals surface area contributed by atoms with Crippen LogP contribution in [0.2, 0.25) is 0 Å². The molecule has 1 N–H and O–H groups in total. The van der Waals surface area contributed by atoms with Gasteiger partial charge in [0.25, 0.3) is 0 Å². The lowest BCUT2D eigenvalue weighted by Crippen LogP contribution is -2.25. The predicted molar refractivity (Wildman–Crippen MR) is 105 cm³/mol. The van der Waals surface area contributed by atoms with Crippen LogP contribution < -0.4 is 4.90 Å². The average molecular weight is 385 g/mol. The van der Waals surface area contributed by atoms with Crippen molar-refractivity contribution in [2.75, 3.05) is 25.1 Å². The monoisotopic (exact) mass is 384 g/mol. The SMILES string of the molecule is CO[C@@H]1CCN(c2nnc(-c3n[nH]c4c3CCCC4)n2Cc2cccs2)C1. The number of aromatic amines is 1. The quantitative estimate of drug-likeness (QED) is 0.732. The first-order valence-electron chi connectivity index (χ1n) is 9.63. The zero-order valence-electron chi connectivity index (χ0n) is 15.5. The van der Waals surface area contributed by atoms with Crippen LogP contribution in [0.25, 0.3) is 11.5 Å². The molecule has 0 amide bonds. The zero-order chi connectivity index (χ0) is 18.2. The Bertz CT molecular complexity index is 915. The van der Waals surface area contributed by atoms with E-state index in [9.17, 15) is 0 Å². The molecule has 3 aromatic rings. The van der Waals surface area contributed by atoms with Gasteiger partial charge in [-0.05, 0) is 43.6 Å². The molecule has 0 saturated carbocycles. The first-order chi connectivity index (χ1) is 13.3. The number of hydrogen-bond acceptors (Lipinski definition) is 6. The summed E-state index contributed by atoms with van der Waals surface area (Å²) in [4.78, 5) is 3.58. The number of thiophene rings is 1. The van der Waals surface area contributed by atoms with E-state index < -0.39 is 0 Å². The van der Waals surface area contributed by atoms with Crippen molar-refractivity contribution in [2.45, 2.75) is 44.8 Å². The molecule has 142 valence electrons. The van der Waals surface area contributed by atoms with E-state index in [0.717, 1.165) is 56.4 Å². The third kappa shape index (κ3) is 3.06. The number of aryl methyl sites for hydroxylation is 1. The molecule has 2 aliphatic rings. The number of fused-ring (bicyclic) bond motifs is 1. The summed E-state index contributed by atoms with van der Waals surface area (Å²) < 4.78 is 7.78. The summed E-state index contributed by atoms with van der Waals surface area (Å²) in [5, 5.41) is 19.2. The number of H-pyrrole nitrogens is 1. The molecule has 4 heterocycles. The molecular weight excluding hydrogens is 360 g/mol. The fourth-order valence-electron chi connectivity index (χ4n) is 4.18. The first kappa shape index (κ1) is 16.9. The average Bonchev–Trinajstić information content (AvgIpc) is 3.48. The van der Waals surface area contributed by atoms with Crippen LogP contribution in [0.3, 0.4) is 0 Å². The number of anilines is 1. The minimum absolute atomic E-state index is 0.262. The number of nitrogens with zero attached hydrogens (tertiary/aromatic N) is 5. The second-order valence-electron chi connectivity index (χ2n) is 7.32. The molecule has 1 fully saturated rings. The third-order valence-corrected chi connectivity index (χ3v) is 6.52. The highest BCUT2D eigenvalue weighted by Gasteiger charge is 2.29. The van der Waals surface area contributed by atoms with Crippen LogP contribution in [-0.2, 0) is 24.1 Å². The van der Waals surface area contributed by atoms with Crippen LogP contribution in [0.5, 0.6) is 0 Å². The van der Waals surface area contributed by atoms with Gasteiger partial charge in [-0.25, -0.2) is 0 Å².